The van der Waals surface area contributed by atoms with Crippen LogP contribution in [0.2, 0.25) is 0 Å². The Bertz CT molecular complexity index is 1070. The highest BCUT2D eigenvalue weighted by atomic mass is 32.2. The van der Waals surface area contributed by atoms with Gasteiger partial charge in [0.05, 0.1) is 10.6 Å². The number of nitrogens with one attached hydrogen (secondary N) is 1. The fourth-order valence-electron chi connectivity index (χ4n) is 2.63. The van der Waals surface area contributed by atoms with Crippen LogP contribution in [0.5, 0.6) is 0 Å². The van der Waals surface area contributed by atoms with E-state index in [2.05, 4.69) is 15.5 Å². The maximum Gasteiger partial charge on any atom is 0.264 e. The van der Waals surface area contributed by atoms with Gasteiger partial charge in [0, 0.05) is 12.1 Å². The summed E-state index contributed by atoms with van der Waals surface area (Å²) in [5.74, 6) is -0.432. The van der Waals surface area contributed by atoms with Crippen LogP contribution in [-0.4, -0.2) is 31.1 Å². The van der Waals surface area contributed by atoms with Gasteiger partial charge in [-0.1, -0.05) is 42.5 Å². The van der Waals surface area contributed by atoms with Crippen LogP contribution in [0.1, 0.15) is 29.2 Å². The first-order valence-electron chi connectivity index (χ1n) is 8.77. The average molecular weight is 417 g/mol. The molecule has 0 atom stereocenters. The Kier molecular flexibility index (Phi) is 6.05. The minimum Gasteiger partial charge on any atom is -0.296 e. The van der Waals surface area contributed by atoms with Crippen molar-refractivity contribution in [1.29, 1.82) is 0 Å². The third-order valence-corrected chi connectivity index (χ3v) is 6.89. The number of carbonyl (C=O) groups excluding carboxylic acids is 1. The molecule has 0 bridgehead atoms. The quantitative estimate of drug-likeness (QED) is 0.636. The van der Waals surface area contributed by atoms with Crippen molar-refractivity contribution in [2.45, 2.75) is 25.2 Å². The van der Waals surface area contributed by atoms with E-state index in [1.807, 2.05) is 13.0 Å². The van der Waals surface area contributed by atoms with Crippen molar-refractivity contribution < 1.29 is 13.2 Å². The number of aromatic nitrogens is 2. The number of sulfonamides is 1. The predicted molar refractivity (Wildman–Crippen MR) is 110 cm³/mol. The smallest absolute Gasteiger partial charge is 0.264 e. The first kappa shape index (κ1) is 20.0. The summed E-state index contributed by atoms with van der Waals surface area (Å²) in [7, 11) is -3.80. The van der Waals surface area contributed by atoms with E-state index in [0.717, 1.165) is 11.4 Å². The maximum atomic E-state index is 13.1. The number of aryl methyl sites for hydroxylation is 1. The molecule has 0 spiro atoms. The van der Waals surface area contributed by atoms with Gasteiger partial charge in [-0.25, -0.2) is 8.42 Å². The average Bonchev–Trinajstić information content (AvgIpc) is 3.17. The molecule has 9 heteroatoms. The maximum absolute atomic E-state index is 13.1. The van der Waals surface area contributed by atoms with E-state index in [-0.39, 0.29) is 17.0 Å². The van der Waals surface area contributed by atoms with Gasteiger partial charge in [-0.05, 0) is 43.7 Å². The van der Waals surface area contributed by atoms with E-state index in [1.165, 1.54) is 27.8 Å². The lowest BCUT2D eigenvalue weighted by atomic mass is 10.2. The molecule has 146 valence electrons. The van der Waals surface area contributed by atoms with Gasteiger partial charge in [-0.15, -0.1) is 10.2 Å². The number of anilines is 2. The Morgan fingerprint density at radius 3 is 2.46 bits per heavy atom. The van der Waals surface area contributed by atoms with Crippen molar-refractivity contribution in [3.05, 3.63) is 65.2 Å². The van der Waals surface area contributed by atoms with Gasteiger partial charge in [0.25, 0.3) is 15.9 Å². The third-order valence-electron chi connectivity index (χ3n) is 4.01. The molecule has 1 aromatic heterocycles. The molecule has 1 amide bonds. The zero-order chi connectivity index (χ0) is 20.1. The number of amides is 1. The van der Waals surface area contributed by atoms with E-state index in [1.54, 1.807) is 43.3 Å². The first-order valence-corrected chi connectivity index (χ1v) is 11.0. The minimum atomic E-state index is -3.80. The fourth-order valence-corrected chi connectivity index (χ4v) is 4.82. The summed E-state index contributed by atoms with van der Waals surface area (Å²) in [5.41, 5.74) is 0.805. The highest BCUT2D eigenvalue weighted by Gasteiger charge is 2.24. The van der Waals surface area contributed by atoms with Crippen molar-refractivity contribution in [2.24, 2.45) is 0 Å². The molecule has 3 aromatic rings. The first-order chi connectivity index (χ1) is 13.5. The summed E-state index contributed by atoms with van der Waals surface area (Å²) in [6, 6.07) is 14.8. The predicted octanol–water partition coefficient (Wildman–Crippen LogP) is 3.57. The van der Waals surface area contributed by atoms with Gasteiger partial charge in [0.1, 0.15) is 5.01 Å². The Morgan fingerprint density at radius 2 is 1.82 bits per heavy atom. The number of hydrogen-bond acceptors (Lipinski definition) is 6. The molecular formula is C19H20N4O3S2. The van der Waals surface area contributed by atoms with Crippen molar-refractivity contribution in [3.63, 3.8) is 0 Å². The topological polar surface area (TPSA) is 92.3 Å². The molecule has 2 aromatic carbocycles. The van der Waals surface area contributed by atoms with Crippen molar-refractivity contribution in [2.75, 3.05) is 16.2 Å². The zero-order valence-corrected chi connectivity index (χ0v) is 17.1. The van der Waals surface area contributed by atoms with E-state index in [4.69, 9.17) is 0 Å². The molecule has 0 saturated carbocycles. The van der Waals surface area contributed by atoms with Crippen LogP contribution in [0.4, 0.5) is 10.8 Å². The minimum absolute atomic E-state index is 0.0531. The van der Waals surface area contributed by atoms with Gasteiger partial charge < -0.3 is 0 Å². The molecule has 0 aliphatic rings. The Hall–Kier alpha value is -2.78. The van der Waals surface area contributed by atoms with Gasteiger partial charge in [-0.3, -0.25) is 14.4 Å². The van der Waals surface area contributed by atoms with Gasteiger partial charge in [-0.2, -0.15) is 0 Å². The molecule has 0 aliphatic carbocycles. The highest BCUT2D eigenvalue weighted by Crippen LogP contribution is 2.24. The second kappa shape index (κ2) is 8.49. The third kappa shape index (κ3) is 4.20. The Labute approximate surface area is 168 Å². The second-order valence-electron chi connectivity index (χ2n) is 5.84. The van der Waals surface area contributed by atoms with Crippen LogP contribution in [0.15, 0.2) is 59.5 Å². The molecular weight excluding hydrogens is 396 g/mol. The summed E-state index contributed by atoms with van der Waals surface area (Å²) in [6.07, 6.45) is 0.730. The lowest BCUT2D eigenvalue weighted by Crippen LogP contribution is -2.30. The number of nitrogens with zero attached hydrogens (tertiary/aromatic N) is 3. The lowest BCUT2D eigenvalue weighted by molar-refractivity contribution is 0.102. The fraction of sp³-hybridized carbons (Fsp3) is 0.211. The van der Waals surface area contributed by atoms with Gasteiger partial charge >= 0.3 is 0 Å². The molecule has 3 rings (SSSR count). The molecule has 0 radical (unpaired) electrons. The highest BCUT2D eigenvalue weighted by molar-refractivity contribution is 7.92. The summed E-state index contributed by atoms with van der Waals surface area (Å²) < 4.78 is 27.5. The van der Waals surface area contributed by atoms with Gasteiger partial charge in [0.2, 0.25) is 5.13 Å². The number of carbonyl (C=O) groups is 1. The molecule has 0 unspecified atom stereocenters. The molecule has 7 nitrogen and oxygen atoms in total. The molecule has 1 N–H and O–H groups in total. The molecule has 28 heavy (non-hydrogen) atoms. The Balaban J connectivity index is 1.88. The van der Waals surface area contributed by atoms with Crippen molar-refractivity contribution >= 4 is 38.1 Å². The van der Waals surface area contributed by atoms with E-state index in [9.17, 15) is 13.2 Å². The normalized spacial score (nSPS) is 11.2. The summed E-state index contributed by atoms with van der Waals surface area (Å²) in [4.78, 5) is 12.6. The van der Waals surface area contributed by atoms with Crippen LogP contribution in [0.25, 0.3) is 0 Å². The zero-order valence-electron chi connectivity index (χ0n) is 15.5. The molecule has 0 saturated heterocycles. The van der Waals surface area contributed by atoms with Crippen molar-refractivity contribution in [1.82, 2.24) is 10.2 Å². The van der Waals surface area contributed by atoms with E-state index >= 15 is 0 Å². The number of hydrogen-bond donors (Lipinski definition) is 1. The number of para-hydroxylation sites is 1. The monoisotopic (exact) mass is 416 g/mol. The second-order valence-corrected chi connectivity index (χ2v) is 8.77. The molecule has 0 fully saturated rings. The summed E-state index contributed by atoms with van der Waals surface area (Å²) in [6.45, 7) is 3.99. The van der Waals surface area contributed by atoms with Crippen LogP contribution in [-0.2, 0) is 16.4 Å². The number of rotatable bonds is 7. The number of benzene rings is 2. The van der Waals surface area contributed by atoms with Crippen LogP contribution in [0, 0.1) is 0 Å². The molecule has 1 heterocycles. The van der Waals surface area contributed by atoms with E-state index in [0.29, 0.717) is 10.8 Å². The Morgan fingerprint density at radius 1 is 1.07 bits per heavy atom. The van der Waals surface area contributed by atoms with Crippen LogP contribution in [0.3, 0.4) is 0 Å². The standard InChI is InChI=1S/C19H20N4O3S2/c1-3-17-21-22-19(27-17)20-18(24)14-9-8-12-16(13-14)28(25,26)23(4-2)15-10-6-5-7-11-15/h5-13H,3-4H2,1-2H3,(H,20,22,24). The van der Waals surface area contributed by atoms with E-state index < -0.39 is 15.9 Å². The summed E-state index contributed by atoms with van der Waals surface area (Å²) >= 11 is 1.29. The van der Waals surface area contributed by atoms with Crippen LogP contribution >= 0.6 is 11.3 Å². The van der Waals surface area contributed by atoms with Gasteiger partial charge in [0.15, 0.2) is 0 Å². The van der Waals surface area contributed by atoms with Crippen LogP contribution < -0.4 is 9.62 Å². The largest absolute Gasteiger partial charge is 0.296 e. The van der Waals surface area contributed by atoms with Crippen molar-refractivity contribution in [3.8, 4) is 0 Å². The SMILES string of the molecule is CCc1nnc(NC(=O)c2cccc(S(=O)(=O)N(CC)c3ccccc3)c2)s1. The summed E-state index contributed by atoms with van der Waals surface area (Å²) in [5, 5.41) is 11.7. The molecule has 0 aliphatic heterocycles. The lowest BCUT2D eigenvalue weighted by Gasteiger charge is -2.23.